The van der Waals surface area contributed by atoms with E-state index in [1.165, 1.54) is 43.4 Å². The number of likely N-dealkylation sites (tertiary alicyclic amines) is 1. The maximum Gasteiger partial charge on any atom is 0.573 e. The van der Waals surface area contributed by atoms with E-state index in [2.05, 4.69) is 27.2 Å². The fraction of sp³-hybridized carbons (Fsp3) is 0.500. The van der Waals surface area contributed by atoms with Crippen molar-refractivity contribution in [2.45, 2.75) is 61.5 Å². The number of carbonyl (C=O) groups excluding carboxylic acids is 2. The lowest BCUT2D eigenvalue weighted by Gasteiger charge is -2.40. The van der Waals surface area contributed by atoms with Gasteiger partial charge in [-0.25, -0.2) is 13.2 Å². The third kappa shape index (κ3) is 6.78. The Morgan fingerprint density at radius 1 is 0.927 bits per heavy atom. The van der Waals surface area contributed by atoms with Crippen LogP contribution in [0.1, 0.15) is 45.4 Å². The molecule has 9 nitrogen and oxygen atoms in total. The lowest BCUT2D eigenvalue weighted by Crippen LogP contribution is -2.55. The molecule has 1 saturated carbocycles. The molecule has 3 amide bonds. The van der Waals surface area contributed by atoms with Crippen LogP contribution in [0.3, 0.4) is 0 Å². The molecule has 1 saturated heterocycles. The summed E-state index contributed by atoms with van der Waals surface area (Å²) in [5.41, 5.74) is -0.317. The van der Waals surface area contributed by atoms with Crippen molar-refractivity contribution >= 4 is 21.8 Å². The van der Waals surface area contributed by atoms with Crippen LogP contribution in [-0.2, 0) is 14.6 Å². The number of amides is 3. The Balaban J connectivity index is 1.56. The predicted octanol–water partition coefficient (Wildman–Crippen LogP) is 5.02. The number of rotatable bonds is 8. The topological polar surface area (TPSA) is 114 Å². The third-order valence-electron chi connectivity index (χ3n) is 7.99. The Morgan fingerprint density at radius 3 is 2.02 bits per heavy atom. The van der Waals surface area contributed by atoms with Crippen LogP contribution in [0.2, 0.25) is 0 Å². The Labute approximate surface area is 237 Å². The second-order valence-electron chi connectivity index (χ2n) is 10.6. The molecule has 2 aromatic rings. The van der Waals surface area contributed by atoms with Gasteiger partial charge in [0.1, 0.15) is 17.2 Å². The minimum Gasteiger partial charge on any atom is -0.457 e. The molecule has 0 radical (unpaired) electrons. The first kappa shape index (κ1) is 30.6. The van der Waals surface area contributed by atoms with Gasteiger partial charge in [0.15, 0.2) is 14.6 Å². The number of halogens is 3. The summed E-state index contributed by atoms with van der Waals surface area (Å²) in [4.78, 5) is 27.8. The van der Waals surface area contributed by atoms with E-state index in [9.17, 15) is 31.2 Å². The molecule has 2 N–H and O–H groups in total. The summed E-state index contributed by atoms with van der Waals surface area (Å²) < 4.78 is 73.1. The van der Waals surface area contributed by atoms with Crippen molar-refractivity contribution in [3.63, 3.8) is 0 Å². The molecule has 2 aliphatic rings. The van der Waals surface area contributed by atoms with Crippen LogP contribution in [0.5, 0.6) is 17.2 Å². The lowest BCUT2D eigenvalue weighted by atomic mass is 9.76. The molecule has 13 heteroatoms. The number of imide groups is 1. The summed E-state index contributed by atoms with van der Waals surface area (Å²) in [6.07, 6.45) is -1.47. The molecular formula is C28H34F3N3O6S. The van der Waals surface area contributed by atoms with E-state index in [0.717, 1.165) is 51.0 Å². The minimum atomic E-state index is -4.82. The third-order valence-corrected chi connectivity index (χ3v) is 10.4. The Bertz CT molecular complexity index is 1340. The average Bonchev–Trinajstić information content (AvgIpc) is 3.32. The van der Waals surface area contributed by atoms with Gasteiger partial charge in [-0.15, -0.1) is 13.2 Å². The van der Waals surface area contributed by atoms with Gasteiger partial charge in [0, 0.05) is 7.05 Å². The van der Waals surface area contributed by atoms with Crippen molar-refractivity contribution in [1.29, 1.82) is 0 Å². The number of alkyl halides is 3. The lowest BCUT2D eigenvalue weighted by molar-refractivity contribution is -0.274. The molecule has 224 valence electrons. The maximum atomic E-state index is 14.1. The van der Waals surface area contributed by atoms with Gasteiger partial charge in [-0.1, -0.05) is 6.92 Å². The molecule has 2 aromatic carbocycles. The highest BCUT2D eigenvalue weighted by Crippen LogP contribution is 2.55. The monoisotopic (exact) mass is 597 g/mol. The zero-order chi connectivity index (χ0) is 29.9. The molecule has 0 aromatic heterocycles. The van der Waals surface area contributed by atoms with E-state index >= 15 is 0 Å². The van der Waals surface area contributed by atoms with Gasteiger partial charge in [0.2, 0.25) is 5.91 Å². The number of hydrogen-bond acceptors (Lipinski definition) is 7. The van der Waals surface area contributed by atoms with Gasteiger partial charge in [-0.05, 0) is 112 Å². The van der Waals surface area contributed by atoms with E-state index in [-0.39, 0.29) is 34.7 Å². The van der Waals surface area contributed by atoms with Crippen molar-refractivity contribution in [2.75, 3.05) is 26.7 Å². The van der Waals surface area contributed by atoms with Crippen LogP contribution < -0.4 is 20.1 Å². The number of carbonyl (C=O) groups is 2. The van der Waals surface area contributed by atoms with E-state index in [0.29, 0.717) is 6.42 Å². The number of hydrogen-bond donors (Lipinski definition) is 2. The second kappa shape index (κ2) is 11.9. The van der Waals surface area contributed by atoms with Crippen molar-refractivity contribution in [2.24, 2.45) is 5.41 Å². The largest absolute Gasteiger partial charge is 0.573 e. The molecule has 1 heterocycles. The van der Waals surface area contributed by atoms with Gasteiger partial charge in [-0.3, -0.25) is 10.1 Å². The molecular weight excluding hydrogens is 563 g/mol. The molecule has 41 heavy (non-hydrogen) atoms. The molecule has 1 unspecified atom stereocenters. The Morgan fingerprint density at radius 2 is 1.49 bits per heavy atom. The Kier molecular flexibility index (Phi) is 8.88. The van der Waals surface area contributed by atoms with Gasteiger partial charge in [0.25, 0.3) is 0 Å². The summed E-state index contributed by atoms with van der Waals surface area (Å²) in [6, 6.07) is 9.46. The van der Waals surface area contributed by atoms with Crippen molar-refractivity contribution in [3.05, 3.63) is 48.5 Å². The maximum absolute atomic E-state index is 14.1. The van der Waals surface area contributed by atoms with Gasteiger partial charge in [0.05, 0.1) is 4.90 Å². The molecule has 1 atom stereocenters. The number of ether oxygens (including phenoxy) is 2. The van der Waals surface area contributed by atoms with Gasteiger partial charge < -0.3 is 19.7 Å². The van der Waals surface area contributed by atoms with Gasteiger partial charge >= 0.3 is 12.4 Å². The van der Waals surface area contributed by atoms with Crippen LogP contribution in [0.4, 0.5) is 18.0 Å². The SMILES string of the molecule is CCCN1CCC2(CC1)CCC(C(=O)NC(=O)NC)(S(=O)(=O)c1ccc(Oc3ccc(OC(F)(F)F)cc3)cc1)C2. The minimum absolute atomic E-state index is 0.0914. The predicted molar refractivity (Wildman–Crippen MR) is 144 cm³/mol. The highest BCUT2D eigenvalue weighted by molar-refractivity contribution is 7.93. The highest BCUT2D eigenvalue weighted by atomic mass is 32.2. The summed E-state index contributed by atoms with van der Waals surface area (Å²) in [5.74, 6) is -0.796. The second-order valence-corrected chi connectivity index (χ2v) is 12.9. The molecule has 4 rings (SSSR count). The quantitative estimate of drug-likeness (QED) is 0.439. The normalized spacial score (nSPS) is 20.9. The standard InChI is InChI=1S/C28H34F3N3O6S/c1-3-16-34-17-14-26(15-18-34)12-13-27(19-26,24(35)33-25(36)32-2)41(37,38)23-10-8-21(9-11-23)39-20-4-6-22(7-5-20)40-28(29,30)31/h4-11H,3,12-19H2,1-2H3,(H2,32,33,35,36). The van der Waals surface area contributed by atoms with Crippen LogP contribution in [0.25, 0.3) is 0 Å². The molecule has 1 aliphatic carbocycles. The smallest absolute Gasteiger partial charge is 0.457 e. The van der Waals surface area contributed by atoms with Crippen LogP contribution in [0, 0.1) is 5.41 Å². The summed E-state index contributed by atoms with van der Waals surface area (Å²) >= 11 is 0. The summed E-state index contributed by atoms with van der Waals surface area (Å²) in [5, 5.41) is 4.53. The number of sulfone groups is 1. The van der Waals surface area contributed by atoms with E-state index in [4.69, 9.17) is 4.74 Å². The Hall–Kier alpha value is -3.32. The first-order chi connectivity index (χ1) is 19.3. The van der Waals surface area contributed by atoms with Crippen LogP contribution >= 0.6 is 0 Å². The summed E-state index contributed by atoms with van der Waals surface area (Å²) in [7, 11) is -2.90. The van der Waals surface area contributed by atoms with Crippen molar-refractivity contribution < 1.29 is 40.7 Å². The van der Waals surface area contributed by atoms with Crippen LogP contribution in [-0.4, -0.2) is 63.0 Å². The van der Waals surface area contributed by atoms with Crippen LogP contribution in [0.15, 0.2) is 53.4 Å². The van der Waals surface area contributed by atoms with E-state index < -0.39 is 38.6 Å². The highest BCUT2D eigenvalue weighted by Gasteiger charge is 2.60. The fourth-order valence-corrected chi connectivity index (χ4v) is 7.93. The number of nitrogens with zero attached hydrogens (tertiary/aromatic N) is 1. The molecule has 2 fully saturated rings. The first-order valence-electron chi connectivity index (χ1n) is 13.5. The van der Waals surface area contributed by atoms with Gasteiger partial charge in [-0.2, -0.15) is 0 Å². The number of nitrogens with one attached hydrogen (secondary N) is 2. The number of piperidine rings is 1. The van der Waals surface area contributed by atoms with E-state index in [1.807, 2.05) is 0 Å². The first-order valence-corrected chi connectivity index (χ1v) is 14.9. The number of urea groups is 1. The average molecular weight is 598 g/mol. The molecule has 1 aliphatic heterocycles. The zero-order valence-corrected chi connectivity index (χ0v) is 23.7. The number of benzene rings is 2. The fourth-order valence-electron chi connectivity index (χ4n) is 5.83. The summed E-state index contributed by atoms with van der Waals surface area (Å²) in [6.45, 7) is 4.74. The molecule has 1 spiro atoms. The van der Waals surface area contributed by atoms with Crippen molar-refractivity contribution in [1.82, 2.24) is 15.5 Å². The van der Waals surface area contributed by atoms with Crippen molar-refractivity contribution in [3.8, 4) is 17.2 Å². The molecule has 0 bridgehead atoms. The van der Waals surface area contributed by atoms with E-state index in [1.54, 1.807) is 0 Å². The zero-order valence-electron chi connectivity index (χ0n) is 22.9.